The van der Waals surface area contributed by atoms with Crippen molar-refractivity contribution in [1.82, 2.24) is 12.3 Å². The molecule has 0 spiro atoms. The van der Waals surface area contributed by atoms with Crippen molar-refractivity contribution in [2.45, 2.75) is 6.04 Å². The van der Waals surface area contributed by atoms with Crippen molar-refractivity contribution < 1.29 is 19.8 Å². The van der Waals surface area contributed by atoms with Gasteiger partial charge in [-0.15, -0.1) is 0 Å². The van der Waals surface area contributed by atoms with E-state index in [1.165, 1.54) is 0 Å². The van der Waals surface area contributed by atoms with Crippen molar-refractivity contribution >= 4 is 11.9 Å². The topological polar surface area (TPSA) is 171 Å². The summed E-state index contributed by atoms with van der Waals surface area (Å²) in [5.41, 5.74) is 4.56. The van der Waals surface area contributed by atoms with E-state index >= 15 is 0 Å². The normalized spacial score (nSPS) is 7.40. The Morgan fingerprint density at radius 3 is 1.30 bits per heavy atom. The molecule has 0 unspecified atom stereocenters. The number of nitrogens with two attached hydrogens (primary N) is 1. The highest BCUT2D eigenvalue weighted by atomic mass is 16.4. The second-order valence-electron chi connectivity index (χ2n) is 1.15. The van der Waals surface area contributed by atoms with Crippen molar-refractivity contribution in [3.05, 3.63) is 0 Å². The average molecular weight is 153 g/mol. The third-order valence-electron chi connectivity index (χ3n) is 0.532. The van der Waals surface area contributed by atoms with Gasteiger partial charge in [-0.2, -0.15) is 0 Å². The fourth-order valence-corrected chi connectivity index (χ4v) is 0.106. The number of aliphatic carboxylic acids is 2. The number of rotatable bonds is 2. The zero-order chi connectivity index (χ0) is 6.73. The number of hydrogen-bond donors (Lipinski definition) is 5. The van der Waals surface area contributed by atoms with Crippen LogP contribution in [0.1, 0.15) is 0 Å². The monoisotopic (exact) mass is 153 g/mol. The van der Waals surface area contributed by atoms with E-state index in [-0.39, 0.29) is 12.3 Å². The molecule has 0 amide bonds. The highest BCUT2D eigenvalue weighted by Gasteiger charge is 2.18. The van der Waals surface area contributed by atoms with Crippen LogP contribution in [0.25, 0.3) is 0 Å². The highest BCUT2D eigenvalue weighted by Crippen LogP contribution is 1.74. The molecule has 0 saturated heterocycles. The van der Waals surface area contributed by atoms with Gasteiger partial charge in [0.1, 0.15) is 0 Å². The second-order valence-corrected chi connectivity index (χ2v) is 1.15. The smallest absolute Gasteiger partial charge is 0.332 e. The van der Waals surface area contributed by atoms with Crippen LogP contribution in [0.4, 0.5) is 0 Å². The molecule has 0 heterocycles. The van der Waals surface area contributed by atoms with Gasteiger partial charge >= 0.3 is 11.9 Å². The first-order valence-electron chi connectivity index (χ1n) is 1.77. The summed E-state index contributed by atoms with van der Waals surface area (Å²) in [5, 5.41) is 15.7. The molecule has 0 aliphatic rings. The van der Waals surface area contributed by atoms with E-state index in [1.807, 2.05) is 0 Å². The summed E-state index contributed by atoms with van der Waals surface area (Å²) in [6.07, 6.45) is 0. The van der Waals surface area contributed by atoms with Crippen molar-refractivity contribution in [3.8, 4) is 0 Å². The molecule has 0 saturated carbocycles. The van der Waals surface area contributed by atoms with Gasteiger partial charge in [0.25, 0.3) is 0 Å². The summed E-state index contributed by atoms with van der Waals surface area (Å²) in [7, 11) is 0. The first-order chi connectivity index (χ1) is 3.55. The van der Waals surface area contributed by atoms with Crippen molar-refractivity contribution in [3.63, 3.8) is 0 Å². The lowest BCUT2D eigenvalue weighted by molar-refractivity contribution is -0.149. The third-order valence-corrected chi connectivity index (χ3v) is 0.532. The number of carboxylic acid groups (broad SMARTS) is 2. The van der Waals surface area contributed by atoms with Gasteiger partial charge in [-0.25, -0.2) is 9.59 Å². The molecular weight excluding hydrogens is 142 g/mol. The van der Waals surface area contributed by atoms with Crippen LogP contribution in [0.2, 0.25) is 0 Å². The molecule has 0 aliphatic heterocycles. The van der Waals surface area contributed by atoms with Crippen LogP contribution in [0.15, 0.2) is 0 Å². The van der Waals surface area contributed by atoms with Crippen molar-refractivity contribution in [2.24, 2.45) is 5.73 Å². The maximum Gasteiger partial charge on any atom is 0.332 e. The van der Waals surface area contributed by atoms with Crippen LogP contribution in [-0.4, -0.2) is 28.2 Å². The first-order valence-corrected chi connectivity index (χ1v) is 1.77. The van der Waals surface area contributed by atoms with Crippen molar-refractivity contribution in [1.29, 1.82) is 0 Å². The lowest BCUT2D eigenvalue weighted by Crippen LogP contribution is -2.38. The summed E-state index contributed by atoms with van der Waals surface area (Å²) in [6, 6.07) is -1.80. The minimum Gasteiger partial charge on any atom is -0.480 e. The zero-order valence-electron chi connectivity index (χ0n) is 5.28. The standard InChI is InChI=1S/C3H5NO4.2H3N/c4-1(2(5)6)3(7)8;;/h1H,4H2,(H,5,6)(H,7,8);2*1H3. The zero-order valence-corrected chi connectivity index (χ0v) is 5.28. The number of hydrogen-bond acceptors (Lipinski definition) is 5. The lowest BCUT2D eigenvalue weighted by Gasteiger charge is -1.95. The fraction of sp³-hybridized carbons (Fsp3) is 0.333. The van der Waals surface area contributed by atoms with Gasteiger partial charge in [-0.05, 0) is 0 Å². The van der Waals surface area contributed by atoms with Crippen LogP contribution in [0.3, 0.4) is 0 Å². The Labute approximate surface area is 57.0 Å². The van der Waals surface area contributed by atoms with Crippen molar-refractivity contribution in [2.75, 3.05) is 0 Å². The SMILES string of the molecule is N.N.NC(C(=O)O)C(=O)O. The molecule has 0 rings (SSSR count). The Balaban J connectivity index is -0.000000245. The number of carboxylic acids is 2. The van der Waals surface area contributed by atoms with Crippen LogP contribution >= 0.6 is 0 Å². The molecule has 62 valence electrons. The molecular formula is C3H11N3O4. The molecule has 0 aliphatic carbocycles. The lowest BCUT2D eigenvalue weighted by atomic mass is 10.3. The summed E-state index contributed by atoms with van der Waals surface area (Å²) in [5.74, 6) is -3.06. The highest BCUT2D eigenvalue weighted by molar-refractivity contribution is 5.96. The molecule has 0 fully saturated rings. The predicted molar refractivity (Wildman–Crippen MR) is 33.3 cm³/mol. The Kier molecular flexibility index (Phi) is 9.47. The summed E-state index contributed by atoms with van der Waals surface area (Å²) in [4.78, 5) is 19.3. The Morgan fingerprint density at radius 2 is 1.30 bits per heavy atom. The van der Waals surface area contributed by atoms with E-state index < -0.39 is 18.0 Å². The van der Waals surface area contributed by atoms with Crippen LogP contribution < -0.4 is 18.0 Å². The molecule has 0 aromatic carbocycles. The second kappa shape index (κ2) is 5.95. The maximum atomic E-state index is 9.63. The van der Waals surface area contributed by atoms with Gasteiger partial charge in [0.15, 0.2) is 0 Å². The molecule has 0 atom stereocenters. The quantitative estimate of drug-likeness (QED) is 0.310. The molecule has 7 nitrogen and oxygen atoms in total. The third kappa shape index (κ3) is 4.97. The van der Waals surface area contributed by atoms with E-state index in [2.05, 4.69) is 5.73 Å². The minimum absolute atomic E-state index is 0. The first kappa shape index (κ1) is 15.9. The van der Waals surface area contributed by atoms with Crippen LogP contribution in [0, 0.1) is 0 Å². The largest absolute Gasteiger partial charge is 0.480 e. The molecule has 10 heavy (non-hydrogen) atoms. The van der Waals surface area contributed by atoms with Gasteiger partial charge in [0, 0.05) is 0 Å². The van der Waals surface area contributed by atoms with E-state index in [1.54, 1.807) is 0 Å². The molecule has 0 bridgehead atoms. The average Bonchev–Trinajstić information content (AvgIpc) is 1.64. The van der Waals surface area contributed by atoms with Gasteiger partial charge in [-0.3, -0.25) is 0 Å². The Bertz CT molecular complexity index is 111. The van der Waals surface area contributed by atoms with Gasteiger partial charge < -0.3 is 28.2 Å². The maximum absolute atomic E-state index is 9.63. The molecule has 0 radical (unpaired) electrons. The molecule has 0 aromatic heterocycles. The Hall–Kier alpha value is -1.18. The Morgan fingerprint density at radius 1 is 1.10 bits per heavy atom. The van der Waals surface area contributed by atoms with Gasteiger partial charge in [-0.1, -0.05) is 0 Å². The van der Waals surface area contributed by atoms with Crippen LogP contribution in [0.5, 0.6) is 0 Å². The summed E-state index contributed by atoms with van der Waals surface area (Å²) < 4.78 is 0. The van der Waals surface area contributed by atoms with Gasteiger partial charge in [0.05, 0.1) is 0 Å². The summed E-state index contributed by atoms with van der Waals surface area (Å²) in [6.45, 7) is 0. The van der Waals surface area contributed by atoms with Gasteiger partial charge in [0.2, 0.25) is 6.04 Å². The van der Waals surface area contributed by atoms with E-state index in [0.717, 1.165) is 0 Å². The van der Waals surface area contributed by atoms with E-state index in [4.69, 9.17) is 10.2 Å². The summed E-state index contributed by atoms with van der Waals surface area (Å²) >= 11 is 0. The van der Waals surface area contributed by atoms with Crippen LogP contribution in [-0.2, 0) is 9.59 Å². The molecule has 7 heteroatoms. The molecule has 10 N–H and O–H groups in total. The minimum atomic E-state index is -1.80. The fourth-order valence-electron chi connectivity index (χ4n) is 0.106. The van der Waals surface area contributed by atoms with E-state index in [0.29, 0.717) is 0 Å². The predicted octanol–water partition coefficient (Wildman–Crippen LogP) is -1.19. The number of carbonyl (C=O) groups is 2. The van der Waals surface area contributed by atoms with E-state index in [9.17, 15) is 9.59 Å². The molecule has 0 aromatic rings.